The number of anilines is 1. The quantitative estimate of drug-likeness (QED) is 0.334. The van der Waals surface area contributed by atoms with Gasteiger partial charge in [-0.25, -0.2) is 19.7 Å². The van der Waals surface area contributed by atoms with E-state index in [0.29, 0.717) is 6.07 Å². The van der Waals surface area contributed by atoms with E-state index in [1.165, 1.54) is 17.5 Å². The number of carbonyl (C=O) groups is 1. The van der Waals surface area contributed by atoms with Crippen LogP contribution >= 0.6 is 0 Å². The van der Waals surface area contributed by atoms with Gasteiger partial charge in [0.05, 0.1) is 21.9 Å². The number of carboxylic acids is 1. The van der Waals surface area contributed by atoms with Gasteiger partial charge in [-0.2, -0.15) is 22.8 Å². The molecule has 0 radical (unpaired) electrons. The summed E-state index contributed by atoms with van der Waals surface area (Å²) in [6.45, 7) is 3.06. The molecule has 0 aliphatic heterocycles. The Balaban J connectivity index is 1.86. The summed E-state index contributed by atoms with van der Waals surface area (Å²) < 4.78 is 41.0. The maximum absolute atomic E-state index is 13.3. The van der Waals surface area contributed by atoms with Crippen molar-refractivity contribution in [2.75, 3.05) is 5.32 Å². The van der Waals surface area contributed by atoms with Gasteiger partial charge in [-0.1, -0.05) is 0 Å². The fourth-order valence-corrected chi connectivity index (χ4v) is 3.36. The second kappa shape index (κ2) is 7.65. The fourth-order valence-electron chi connectivity index (χ4n) is 3.36. The van der Waals surface area contributed by atoms with Crippen molar-refractivity contribution in [2.45, 2.75) is 26.1 Å². The third-order valence-electron chi connectivity index (χ3n) is 4.88. The zero-order chi connectivity index (χ0) is 24.1. The average molecular weight is 461 g/mol. The van der Waals surface area contributed by atoms with Crippen LogP contribution in [0.1, 0.15) is 40.3 Å². The van der Waals surface area contributed by atoms with Gasteiger partial charge in [-0.3, -0.25) is 10.1 Å². The zero-order valence-electron chi connectivity index (χ0n) is 17.0. The summed E-state index contributed by atoms with van der Waals surface area (Å²) in [7, 11) is 0. The first kappa shape index (κ1) is 21.9. The maximum atomic E-state index is 13.3. The lowest BCUT2D eigenvalue weighted by atomic mass is 10.0. The minimum Gasteiger partial charge on any atom is -0.478 e. The highest BCUT2D eigenvalue weighted by Gasteiger charge is 2.33. The number of rotatable bonds is 5. The number of benzene rings is 1. The second-order valence-corrected chi connectivity index (χ2v) is 7.15. The van der Waals surface area contributed by atoms with Crippen LogP contribution in [-0.2, 0) is 6.18 Å². The van der Waals surface area contributed by atoms with E-state index in [1.54, 1.807) is 6.92 Å². The number of nitrogens with zero attached hydrogens (tertiary/aromatic N) is 6. The highest BCUT2D eigenvalue weighted by atomic mass is 19.4. The van der Waals surface area contributed by atoms with E-state index in [0.717, 1.165) is 18.5 Å². The van der Waals surface area contributed by atoms with Crippen LogP contribution in [-0.4, -0.2) is 40.6 Å². The third-order valence-corrected chi connectivity index (χ3v) is 4.88. The summed E-state index contributed by atoms with van der Waals surface area (Å²) in [5, 5.41) is 27.8. The van der Waals surface area contributed by atoms with Gasteiger partial charge in [0.25, 0.3) is 5.69 Å². The van der Waals surface area contributed by atoms with Crippen LogP contribution in [0, 0.1) is 17.0 Å². The largest absolute Gasteiger partial charge is 0.478 e. The van der Waals surface area contributed by atoms with Gasteiger partial charge in [0.2, 0.25) is 0 Å². The molecule has 4 aromatic rings. The number of aromatic carboxylic acids is 1. The summed E-state index contributed by atoms with van der Waals surface area (Å²) in [4.78, 5) is 34.4. The molecule has 0 bridgehead atoms. The Kier molecular flexibility index (Phi) is 5.07. The summed E-state index contributed by atoms with van der Waals surface area (Å²) in [6, 6.07) is 2.70. The van der Waals surface area contributed by atoms with Gasteiger partial charge in [0, 0.05) is 12.1 Å². The Morgan fingerprint density at radius 3 is 2.58 bits per heavy atom. The fraction of sp³-hybridized carbons (Fsp3) is 0.211. The molecule has 0 saturated heterocycles. The summed E-state index contributed by atoms with van der Waals surface area (Å²) >= 11 is 0. The molecule has 1 aromatic carbocycles. The van der Waals surface area contributed by atoms with Crippen LogP contribution in [0.15, 0.2) is 30.6 Å². The molecule has 2 N–H and O–H groups in total. The first-order valence-corrected chi connectivity index (χ1v) is 9.33. The summed E-state index contributed by atoms with van der Waals surface area (Å²) in [5.41, 5.74) is -1.79. The Hall–Kier alpha value is -4.36. The Labute approximate surface area is 182 Å². The molecule has 0 aliphatic carbocycles. The van der Waals surface area contributed by atoms with Crippen LogP contribution in [0.4, 0.5) is 24.7 Å². The van der Waals surface area contributed by atoms with Gasteiger partial charge < -0.3 is 10.4 Å². The molecule has 170 valence electrons. The van der Waals surface area contributed by atoms with Crippen LogP contribution in [0.25, 0.3) is 16.7 Å². The van der Waals surface area contributed by atoms with E-state index in [-0.39, 0.29) is 39.4 Å². The van der Waals surface area contributed by atoms with Crippen molar-refractivity contribution in [1.82, 2.24) is 24.6 Å². The van der Waals surface area contributed by atoms with Crippen LogP contribution in [0.3, 0.4) is 0 Å². The lowest BCUT2D eigenvalue weighted by Crippen LogP contribution is -2.14. The first-order valence-electron chi connectivity index (χ1n) is 9.33. The average Bonchev–Trinajstić information content (AvgIpc) is 3.22. The lowest BCUT2D eigenvalue weighted by Gasteiger charge is -2.18. The number of halogens is 3. The van der Waals surface area contributed by atoms with Crippen molar-refractivity contribution < 1.29 is 28.0 Å². The van der Waals surface area contributed by atoms with Crippen LogP contribution in [0.5, 0.6) is 0 Å². The second-order valence-electron chi connectivity index (χ2n) is 7.15. The predicted octanol–water partition coefficient (Wildman–Crippen LogP) is 3.78. The molecule has 0 aliphatic rings. The topological polar surface area (TPSA) is 148 Å². The molecule has 0 spiro atoms. The molecule has 3 heterocycles. The number of aryl methyl sites for hydroxylation is 1. The van der Waals surface area contributed by atoms with Gasteiger partial charge >= 0.3 is 12.1 Å². The summed E-state index contributed by atoms with van der Waals surface area (Å²) in [5.74, 6) is -0.889. The molecule has 0 fully saturated rings. The van der Waals surface area contributed by atoms with E-state index in [1.807, 2.05) is 0 Å². The Morgan fingerprint density at radius 1 is 1.21 bits per heavy atom. The predicted molar refractivity (Wildman–Crippen MR) is 108 cm³/mol. The SMILES string of the molecule is Cc1nc(N[C@H](C)c2cc([N+](=O)[O-])cc(C(F)(F)F)c2)c2cc(C(=O)O)c3ncnn3c2n1. The number of hydrogen-bond donors (Lipinski definition) is 2. The number of aromatic nitrogens is 5. The van der Waals surface area contributed by atoms with Gasteiger partial charge in [0.1, 0.15) is 23.5 Å². The van der Waals surface area contributed by atoms with Crippen molar-refractivity contribution in [2.24, 2.45) is 0 Å². The van der Waals surface area contributed by atoms with Crippen molar-refractivity contribution in [3.8, 4) is 0 Å². The van der Waals surface area contributed by atoms with E-state index in [9.17, 15) is 33.2 Å². The van der Waals surface area contributed by atoms with Crippen molar-refractivity contribution >= 4 is 34.2 Å². The number of nitro groups is 1. The minimum absolute atomic E-state index is 0.0127. The Morgan fingerprint density at radius 2 is 1.94 bits per heavy atom. The van der Waals surface area contributed by atoms with Crippen LogP contribution in [0.2, 0.25) is 0 Å². The number of nitrogens with one attached hydrogen (secondary N) is 1. The zero-order valence-corrected chi connectivity index (χ0v) is 17.0. The van der Waals surface area contributed by atoms with Gasteiger partial charge in [0.15, 0.2) is 11.3 Å². The van der Waals surface area contributed by atoms with E-state index in [4.69, 9.17) is 0 Å². The summed E-state index contributed by atoms with van der Waals surface area (Å²) in [6.07, 6.45) is -3.62. The van der Waals surface area contributed by atoms with Crippen LogP contribution < -0.4 is 5.32 Å². The normalized spacial score (nSPS) is 12.8. The number of carboxylic acid groups (broad SMARTS) is 1. The highest BCUT2D eigenvalue weighted by Crippen LogP contribution is 2.35. The standard InChI is InChI=1S/C19H14F3N7O4/c1-8(10-3-11(19(20,21)22)5-12(4-10)29(32)33)25-15-13-6-14(18(30)31)16-23-7-24-28(16)17(13)27-9(2)26-15/h3-8H,1-2H3,(H,30,31)(H,25,26,27)/t8-/m1/s1. The third kappa shape index (κ3) is 3.97. The molecule has 4 rings (SSSR count). The minimum atomic E-state index is -4.78. The number of pyridine rings is 1. The number of non-ortho nitro benzene ring substituents is 1. The molecule has 1 atom stereocenters. The molecule has 33 heavy (non-hydrogen) atoms. The first-order chi connectivity index (χ1) is 15.5. The van der Waals surface area contributed by atoms with Crippen molar-refractivity contribution in [3.05, 3.63) is 63.2 Å². The molecule has 11 nitrogen and oxygen atoms in total. The number of fused-ring (bicyclic) bond motifs is 3. The Bertz CT molecular complexity index is 1430. The van der Waals surface area contributed by atoms with Gasteiger partial charge in [-0.05, 0) is 31.5 Å². The van der Waals surface area contributed by atoms with E-state index < -0.39 is 34.4 Å². The number of alkyl halides is 3. The molecular weight excluding hydrogens is 447 g/mol. The molecule has 0 saturated carbocycles. The monoisotopic (exact) mass is 461 g/mol. The maximum Gasteiger partial charge on any atom is 0.416 e. The van der Waals surface area contributed by atoms with E-state index >= 15 is 0 Å². The van der Waals surface area contributed by atoms with Gasteiger partial charge in [-0.15, -0.1) is 0 Å². The number of hydrogen-bond acceptors (Lipinski definition) is 8. The smallest absolute Gasteiger partial charge is 0.416 e. The highest BCUT2D eigenvalue weighted by molar-refractivity contribution is 6.01. The molecule has 3 aromatic heterocycles. The van der Waals surface area contributed by atoms with Crippen molar-refractivity contribution in [3.63, 3.8) is 0 Å². The molecular formula is C19H14F3N7O4. The van der Waals surface area contributed by atoms with E-state index in [2.05, 4.69) is 25.4 Å². The lowest BCUT2D eigenvalue weighted by molar-refractivity contribution is -0.385. The molecule has 0 unspecified atom stereocenters. The number of nitro benzene ring substituents is 1. The van der Waals surface area contributed by atoms with Crippen molar-refractivity contribution in [1.29, 1.82) is 0 Å². The molecule has 14 heteroatoms. The molecule has 0 amide bonds.